The normalized spacial score (nSPS) is 24.4. The van der Waals surface area contributed by atoms with Gasteiger partial charge in [-0.1, -0.05) is 31.5 Å². The Morgan fingerprint density at radius 1 is 1.17 bits per heavy atom. The maximum atomic E-state index is 12.8. The molecule has 2 fully saturated rings. The van der Waals surface area contributed by atoms with Crippen LogP contribution in [0.25, 0.3) is 0 Å². The number of benzene rings is 1. The molecule has 30 heavy (non-hydrogen) atoms. The van der Waals surface area contributed by atoms with Gasteiger partial charge in [0.2, 0.25) is 0 Å². The Morgan fingerprint density at radius 2 is 1.97 bits per heavy atom. The fraction of sp³-hybridized carbons (Fsp3) is 0.636. The minimum Gasteiger partial charge on any atom is -0.294 e. The SMILES string of the molecule is CCCN(c1ccccc1)N1C([N]C(=O)CN2CCCCC2)=NO[N@@]2CCCC1C2. The van der Waals surface area contributed by atoms with Gasteiger partial charge in [-0.25, -0.2) is 5.01 Å². The minimum atomic E-state index is -0.153. The highest BCUT2D eigenvalue weighted by Crippen LogP contribution is 2.26. The fourth-order valence-corrected chi connectivity index (χ4v) is 4.50. The molecular formula is C22H33N6O2. The predicted molar refractivity (Wildman–Crippen MR) is 116 cm³/mol. The van der Waals surface area contributed by atoms with E-state index in [0.717, 1.165) is 70.5 Å². The van der Waals surface area contributed by atoms with Gasteiger partial charge in [0.05, 0.1) is 24.8 Å². The molecule has 1 aromatic carbocycles. The van der Waals surface area contributed by atoms with Crippen LogP contribution < -0.4 is 10.3 Å². The monoisotopic (exact) mass is 413 g/mol. The van der Waals surface area contributed by atoms with Crippen molar-refractivity contribution in [2.45, 2.75) is 51.5 Å². The van der Waals surface area contributed by atoms with Crippen molar-refractivity contribution in [2.24, 2.45) is 5.16 Å². The number of likely N-dealkylation sites (tertiary alicyclic amines) is 1. The first-order valence-corrected chi connectivity index (χ1v) is 11.3. The predicted octanol–water partition coefficient (Wildman–Crippen LogP) is 2.42. The summed E-state index contributed by atoms with van der Waals surface area (Å²) in [6, 6.07) is 10.4. The average Bonchev–Trinajstić information content (AvgIpc) is 2.89. The highest BCUT2D eigenvalue weighted by Gasteiger charge is 2.37. The van der Waals surface area contributed by atoms with Crippen molar-refractivity contribution in [1.82, 2.24) is 20.3 Å². The molecule has 1 aromatic rings. The number of para-hydroxylation sites is 1. The highest BCUT2D eigenvalue weighted by molar-refractivity contribution is 5.98. The molecule has 0 saturated carbocycles. The van der Waals surface area contributed by atoms with Gasteiger partial charge in [0.15, 0.2) is 0 Å². The number of oxime groups is 1. The number of hydrazine groups is 1. The summed E-state index contributed by atoms with van der Waals surface area (Å²) in [7, 11) is 0. The van der Waals surface area contributed by atoms with Crippen LogP contribution in [0.3, 0.4) is 0 Å². The lowest BCUT2D eigenvalue weighted by atomic mass is 10.1. The summed E-state index contributed by atoms with van der Waals surface area (Å²) in [5.41, 5.74) is 1.07. The van der Waals surface area contributed by atoms with Crippen molar-refractivity contribution in [3.8, 4) is 0 Å². The van der Waals surface area contributed by atoms with E-state index < -0.39 is 0 Å². The Kier molecular flexibility index (Phi) is 7.07. The number of hydrogen-bond donors (Lipinski definition) is 0. The number of hydroxylamine groups is 2. The Bertz CT molecular complexity index is 722. The van der Waals surface area contributed by atoms with E-state index in [0.29, 0.717) is 12.5 Å². The van der Waals surface area contributed by atoms with Crippen molar-refractivity contribution in [3.05, 3.63) is 30.3 Å². The lowest BCUT2D eigenvalue weighted by molar-refractivity contribution is -0.170. The molecule has 8 nitrogen and oxygen atoms in total. The Balaban J connectivity index is 1.57. The van der Waals surface area contributed by atoms with Gasteiger partial charge < -0.3 is 0 Å². The first-order valence-electron chi connectivity index (χ1n) is 11.3. The maximum Gasteiger partial charge on any atom is 0.287 e. The van der Waals surface area contributed by atoms with Gasteiger partial charge in [-0.15, -0.1) is 5.06 Å². The molecule has 2 saturated heterocycles. The summed E-state index contributed by atoms with van der Waals surface area (Å²) in [6.45, 7) is 6.85. The number of fused-ring (bicyclic) bond motifs is 2. The standard InChI is InChI=1S/C22H33N6O2/c1-2-13-27(19-10-5-3-6-11-19)28-20-12-9-16-26(17-20)30-24-22(28)23-21(29)18-25-14-7-4-8-15-25/h3,5-6,10-11,20H,2,4,7-9,12-18H2,1H3. The van der Waals surface area contributed by atoms with Crippen LogP contribution in [0.4, 0.5) is 5.69 Å². The number of nitrogens with zero attached hydrogens (tertiary/aromatic N) is 6. The summed E-state index contributed by atoms with van der Waals surface area (Å²) in [5.74, 6) is 0.212. The maximum absolute atomic E-state index is 12.8. The first-order chi connectivity index (χ1) is 14.7. The molecule has 163 valence electrons. The molecule has 3 aliphatic rings. The zero-order valence-electron chi connectivity index (χ0n) is 17.9. The molecule has 0 aliphatic carbocycles. The minimum absolute atomic E-state index is 0.153. The summed E-state index contributed by atoms with van der Waals surface area (Å²) in [4.78, 5) is 20.7. The first kappa shape index (κ1) is 20.9. The van der Waals surface area contributed by atoms with Crippen molar-refractivity contribution in [2.75, 3.05) is 44.3 Å². The molecule has 8 heteroatoms. The topological polar surface area (TPSA) is 65.7 Å². The van der Waals surface area contributed by atoms with Gasteiger partial charge in [0.25, 0.3) is 11.9 Å². The molecule has 0 aromatic heterocycles. The smallest absolute Gasteiger partial charge is 0.287 e. The van der Waals surface area contributed by atoms with E-state index >= 15 is 0 Å². The van der Waals surface area contributed by atoms with Crippen LogP contribution in [0.1, 0.15) is 45.4 Å². The van der Waals surface area contributed by atoms with Crippen LogP contribution in [-0.2, 0) is 9.73 Å². The Labute approximate surface area is 179 Å². The lowest BCUT2D eigenvalue weighted by Crippen LogP contribution is -2.59. The number of amides is 1. The summed E-state index contributed by atoms with van der Waals surface area (Å²) >= 11 is 0. The molecule has 2 bridgehead atoms. The van der Waals surface area contributed by atoms with Crippen molar-refractivity contribution >= 4 is 17.6 Å². The van der Waals surface area contributed by atoms with Crippen molar-refractivity contribution in [1.29, 1.82) is 0 Å². The highest BCUT2D eigenvalue weighted by atomic mass is 16.8. The molecule has 1 unspecified atom stereocenters. The van der Waals surface area contributed by atoms with Crippen LogP contribution in [0, 0.1) is 0 Å². The number of piperidine rings is 2. The van der Waals surface area contributed by atoms with Crippen LogP contribution in [-0.4, -0.2) is 72.1 Å². The van der Waals surface area contributed by atoms with Gasteiger partial charge in [0, 0.05) is 13.1 Å². The molecule has 0 N–H and O–H groups in total. The number of hydrogen-bond acceptors (Lipinski definition) is 7. The van der Waals surface area contributed by atoms with E-state index in [1.807, 2.05) is 23.3 Å². The van der Waals surface area contributed by atoms with Gasteiger partial charge in [-0.2, -0.15) is 5.32 Å². The summed E-state index contributed by atoms with van der Waals surface area (Å²) in [6.07, 6.45) is 6.56. The molecule has 0 spiro atoms. The molecular weight excluding hydrogens is 380 g/mol. The third-order valence-corrected chi connectivity index (χ3v) is 5.93. The van der Waals surface area contributed by atoms with Crippen molar-refractivity contribution in [3.63, 3.8) is 0 Å². The van der Waals surface area contributed by atoms with Crippen molar-refractivity contribution < 1.29 is 9.73 Å². The number of rotatable bonds is 6. The van der Waals surface area contributed by atoms with Crippen LogP contribution >= 0.6 is 0 Å². The zero-order chi connectivity index (χ0) is 20.8. The van der Waals surface area contributed by atoms with Gasteiger partial charge in [0.1, 0.15) is 0 Å². The number of anilines is 1. The molecule has 1 radical (unpaired) electrons. The quantitative estimate of drug-likeness (QED) is 0.714. The molecule has 3 aliphatic heterocycles. The van der Waals surface area contributed by atoms with E-state index in [9.17, 15) is 4.79 Å². The van der Waals surface area contributed by atoms with E-state index in [4.69, 9.17) is 4.94 Å². The van der Waals surface area contributed by atoms with E-state index in [1.54, 1.807) is 0 Å². The van der Waals surface area contributed by atoms with E-state index in [-0.39, 0.29) is 11.9 Å². The lowest BCUT2D eigenvalue weighted by Gasteiger charge is -2.43. The van der Waals surface area contributed by atoms with Crippen LogP contribution in [0.2, 0.25) is 0 Å². The second-order valence-electron chi connectivity index (χ2n) is 8.30. The van der Waals surface area contributed by atoms with Gasteiger partial charge in [-0.05, 0) is 62.5 Å². The van der Waals surface area contributed by atoms with Crippen LogP contribution in [0.15, 0.2) is 35.5 Å². The van der Waals surface area contributed by atoms with E-state index in [1.165, 1.54) is 6.42 Å². The number of guanidine groups is 1. The molecule has 2 atom stereocenters. The summed E-state index contributed by atoms with van der Waals surface area (Å²) < 4.78 is 0. The third-order valence-electron chi connectivity index (χ3n) is 5.93. The summed E-state index contributed by atoms with van der Waals surface area (Å²) in [5, 5.41) is 15.0. The fourth-order valence-electron chi connectivity index (χ4n) is 4.50. The van der Waals surface area contributed by atoms with Crippen LogP contribution in [0.5, 0.6) is 0 Å². The average molecular weight is 414 g/mol. The Morgan fingerprint density at radius 3 is 2.73 bits per heavy atom. The number of carbonyl (C=O) groups is 1. The zero-order valence-corrected chi connectivity index (χ0v) is 17.9. The van der Waals surface area contributed by atoms with Gasteiger partial charge >= 0.3 is 0 Å². The number of carbonyl (C=O) groups excluding carboxylic acids is 1. The molecule has 4 rings (SSSR count). The van der Waals surface area contributed by atoms with E-state index in [2.05, 4.69) is 44.4 Å². The largest absolute Gasteiger partial charge is 0.294 e. The Hall–Kier alpha value is -2.32. The second kappa shape index (κ2) is 10.1. The second-order valence-corrected chi connectivity index (χ2v) is 8.30. The third kappa shape index (κ3) is 5.05. The van der Waals surface area contributed by atoms with Gasteiger partial charge in [-0.3, -0.25) is 19.6 Å². The molecule has 3 heterocycles. The molecule has 1 amide bonds.